The molecule has 1 saturated heterocycles. The van der Waals surface area contributed by atoms with Crippen molar-refractivity contribution in [3.8, 4) is 11.3 Å². The van der Waals surface area contributed by atoms with Crippen LogP contribution in [0, 0.1) is 0 Å². The molecule has 2 aromatic carbocycles. The third kappa shape index (κ3) is 4.26. The average Bonchev–Trinajstić information content (AvgIpc) is 3.17. The van der Waals surface area contributed by atoms with E-state index in [1.807, 2.05) is 24.3 Å². The summed E-state index contributed by atoms with van der Waals surface area (Å²) in [5, 5.41) is 4.12. The molecule has 0 unspecified atom stereocenters. The molecule has 0 N–H and O–H groups in total. The minimum Gasteiger partial charge on any atom is -0.369 e. The minimum atomic E-state index is 0.763. The third-order valence-corrected chi connectivity index (χ3v) is 5.99. The Hall–Kier alpha value is -1.88. The summed E-state index contributed by atoms with van der Waals surface area (Å²) in [4.78, 5) is 9.81. The minimum absolute atomic E-state index is 0.763. The van der Waals surface area contributed by atoms with Crippen molar-refractivity contribution in [2.45, 2.75) is 6.42 Å². The lowest BCUT2D eigenvalue weighted by atomic mass is 10.2. The van der Waals surface area contributed by atoms with Gasteiger partial charge in [-0.2, -0.15) is 0 Å². The van der Waals surface area contributed by atoms with Gasteiger partial charge in [0.05, 0.1) is 10.7 Å². The molecular formula is C21H22ClN3S. The number of hydrogen-bond donors (Lipinski definition) is 0. The standard InChI is InChI=1S/C21H22ClN3S/c22-18-8-6-17(7-9-18)20-16-26-21(23-20)10-11-24-12-14-25(15-13-24)19-4-2-1-3-5-19/h1-9,16H,10-15H2. The Morgan fingerprint density at radius 2 is 1.65 bits per heavy atom. The highest BCUT2D eigenvalue weighted by Crippen LogP contribution is 2.24. The molecule has 4 rings (SSSR count). The maximum absolute atomic E-state index is 5.96. The lowest BCUT2D eigenvalue weighted by Crippen LogP contribution is -2.46. The summed E-state index contributed by atoms with van der Waals surface area (Å²) in [7, 11) is 0. The van der Waals surface area contributed by atoms with E-state index in [9.17, 15) is 0 Å². The van der Waals surface area contributed by atoms with Crippen molar-refractivity contribution in [3.05, 3.63) is 70.0 Å². The molecule has 1 aromatic heterocycles. The van der Waals surface area contributed by atoms with Gasteiger partial charge in [0.1, 0.15) is 0 Å². The molecular weight excluding hydrogens is 362 g/mol. The largest absolute Gasteiger partial charge is 0.369 e. The number of rotatable bonds is 5. The van der Waals surface area contributed by atoms with Gasteiger partial charge in [-0.15, -0.1) is 11.3 Å². The molecule has 0 saturated carbocycles. The van der Waals surface area contributed by atoms with Crippen molar-refractivity contribution in [2.24, 2.45) is 0 Å². The fraction of sp³-hybridized carbons (Fsp3) is 0.286. The van der Waals surface area contributed by atoms with Crippen LogP contribution in [0.1, 0.15) is 5.01 Å². The van der Waals surface area contributed by atoms with Crippen LogP contribution in [-0.2, 0) is 6.42 Å². The van der Waals surface area contributed by atoms with Gasteiger partial charge < -0.3 is 4.90 Å². The van der Waals surface area contributed by atoms with Gasteiger partial charge in [0.2, 0.25) is 0 Å². The summed E-state index contributed by atoms with van der Waals surface area (Å²) in [5.41, 5.74) is 3.52. The number of benzene rings is 2. The van der Waals surface area contributed by atoms with E-state index >= 15 is 0 Å². The maximum atomic E-state index is 5.96. The zero-order valence-corrected chi connectivity index (χ0v) is 16.2. The van der Waals surface area contributed by atoms with Crippen molar-refractivity contribution >= 4 is 28.6 Å². The molecule has 0 radical (unpaired) electrons. The number of thiazole rings is 1. The van der Waals surface area contributed by atoms with E-state index in [0.29, 0.717) is 0 Å². The second-order valence-electron chi connectivity index (χ2n) is 6.55. The molecule has 1 fully saturated rings. The first-order valence-electron chi connectivity index (χ1n) is 9.01. The van der Waals surface area contributed by atoms with E-state index in [1.54, 1.807) is 11.3 Å². The van der Waals surface area contributed by atoms with Crippen LogP contribution in [0.3, 0.4) is 0 Å². The molecule has 5 heteroatoms. The summed E-state index contributed by atoms with van der Waals surface area (Å²) in [6.07, 6.45) is 1.02. The van der Waals surface area contributed by atoms with Gasteiger partial charge in [0, 0.05) is 60.8 Å². The first-order valence-corrected chi connectivity index (χ1v) is 10.3. The van der Waals surface area contributed by atoms with E-state index in [2.05, 4.69) is 45.5 Å². The number of piperazine rings is 1. The second kappa shape index (κ2) is 8.21. The molecule has 1 aliphatic heterocycles. The van der Waals surface area contributed by atoms with E-state index in [4.69, 9.17) is 16.6 Å². The average molecular weight is 384 g/mol. The van der Waals surface area contributed by atoms with E-state index in [1.165, 1.54) is 10.7 Å². The van der Waals surface area contributed by atoms with Gasteiger partial charge in [-0.05, 0) is 24.3 Å². The van der Waals surface area contributed by atoms with Crippen molar-refractivity contribution in [3.63, 3.8) is 0 Å². The number of anilines is 1. The Morgan fingerprint density at radius 3 is 2.38 bits per heavy atom. The normalized spacial score (nSPS) is 15.3. The molecule has 3 aromatic rings. The maximum Gasteiger partial charge on any atom is 0.0945 e. The lowest BCUT2D eigenvalue weighted by Gasteiger charge is -2.36. The highest BCUT2D eigenvalue weighted by molar-refractivity contribution is 7.09. The van der Waals surface area contributed by atoms with Crippen LogP contribution in [0.15, 0.2) is 60.0 Å². The quantitative estimate of drug-likeness (QED) is 0.629. The van der Waals surface area contributed by atoms with Crippen LogP contribution >= 0.6 is 22.9 Å². The molecule has 134 valence electrons. The topological polar surface area (TPSA) is 19.4 Å². The van der Waals surface area contributed by atoms with Crippen molar-refractivity contribution in [1.82, 2.24) is 9.88 Å². The van der Waals surface area contributed by atoms with Crippen LogP contribution in [0.4, 0.5) is 5.69 Å². The Balaban J connectivity index is 1.28. The SMILES string of the molecule is Clc1ccc(-c2csc(CCN3CCN(c4ccccc4)CC3)n2)cc1. The zero-order chi connectivity index (χ0) is 17.8. The summed E-state index contributed by atoms with van der Waals surface area (Å²) < 4.78 is 0. The number of para-hydroxylation sites is 1. The molecule has 0 bridgehead atoms. The molecule has 0 spiro atoms. The number of hydrogen-bond acceptors (Lipinski definition) is 4. The number of nitrogens with zero attached hydrogens (tertiary/aromatic N) is 3. The molecule has 26 heavy (non-hydrogen) atoms. The smallest absolute Gasteiger partial charge is 0.0945 e. The molecule has 3 nitrogen and oxygen atoms in total. The van der Waals surface area contributed by atoms with Crippen molar-refractivity contribution < 1.29 is 0 Å². The van der Waals surface area contributed by atoms with Gasteiger partial charge in [-0.25, -0.2) is 4.98 Å². The Morgan fingerprint density at radius 1 is 0.923 bits per heavy atom. The van der Waals surface area contributed by atoms with Gasteiger partial charge in [-0.3, -0.25) is 4.90 Å². The monoisotopic (exact) mass is 383 g/mol. The van der Waals surface area contributed by atoms with E-state index in [0.717, 1.165) is 55.4 Å². The summed E-state index contributed by atoms with van der Waals surface area (Å²) in [6.45, 7) is 5.50. The number of halogens is 1. The van der Waals surface area contributed by atoms with Crippen LogP contribution in [0.5, 0.6) is 0 Å². The summed E-state index contributed by atoms with van der Waals surface area (Å²) in [5.74, 6) is 0. The van der Waals surface area contributed by atoms with Gasteiger partial charge in [0.25, 0.3) is 0 Å². The number of aromatic nitrogens is 1. The zero-order valence-electron chi connectivity index (χ0n) is 14.6. The Bertz CT molecular complexity index is 824. The van der Waals surface area contributed by atoms with Gasteiger partial charge in [-0.1, -0.05) is 41.9 Å². The first kappa shape index (κ1) is 17.5. The lowest BCUT2D eigenvalue weighted by molar-refractivity contribution is 0.261. The highest BCUT2D eigenvalue weighted by Gasteiger charge is 2.17. The Kier molecular flexibility index (Phi) is 5.54. The van der Waals surface area contributed by atoms with E-state index in [-0.39, 0.29) is 0 Å². The fourth-order valence-electron chi connectivity index (χ4n) is 3.30. The first-order chi connectivity index (χ1) is 12.8. The molecule has 2 heterocycles. The third-order valence-electron chi connectivity index (χ3n) is 4.83. The van der Waals surface area contributed by atoms with E-state index < -0.39 is 0 Å². The van der Waals surface area contributed by atoms with Gasteiger partial charge >= 0.3 is 0 Å². The van der Waals surface area contributed by atoms with Crippen molar-refractivity contribution in [2.75, 3.05) is 37.6 Å². The van der Waals surface area contributed by atoms with Crippen LogP contribution in [-0.4, -0.2) is 42.6 Å². The summed E-state index contributed by atoms with van der Waals surface area (Å²) in [6, 6.07) is 18.6. The second-order valence-corrected chi connectivity index (χ2v) is 7.93. The van der Waals surface area contributed by atoms with Crippen LogP contribution in [0.2, 0.25) is 5.02 Å². The fourth-order valence-corrected chi connectivity index (χ4v) is 4.22. The molecule has 0 atom stereocenters. The molecule has 1 aliphatic rings. The predicted octanol–water partition coefficient (Wildman–Crippen LogP) is 4.83. The van der Waals surface area contributed by atoms with Crippen LogP contribution < -0.4 is 4.90 Å². The van der Waals surface area contributed by atoms with Crippen LogP contribution in [0.25, 0.3) is 11.3 Å². The molecule has 0 aliphatic carbocycles. The predicted molar refractivity (Wildman–Crippen MR) is 111 cm³/mol. The Labute approximate surface area is 163 Å². The van der Waals surface area contributed by atoms with Crippen molar-refractivity contribution in [1.29, 1.82) is 0 Å². The summed E-state index contributed by atoms with van der Waals surface area (Å²) >= 11 is 7.72. The highest BCUT2D eigenvalue weighted by atomic mass is 35.5. The molecule has 0 amide bonds. The van der Waals surface area contributed by atoms with Gasteiger partial charge in [0.15, 0.2) is 0 Å².